The first-order valence-electron chi connectivity index (χ1n) is 7.89. The lowest BCUT2D eigenvalue weighted by Gasteiger charge is -2.53. The van der Waals surface area contributed by atoms with Crippen LogP contribution < -0.4 is 5.32 Å². The topological polar surface area (TPSA) is 15.3 Å². The van der Waals surface area contributed by atoms with Gasteiger partial charge < -0.3 is 5.32 Å². The molecule has 0 radical (unpaired) electrons. The fraction of sp³-hybridized carbons (Fsp3) is 1.00. The summed E-state index contributed by atoms with van der Waals surface area (Å²) >= 11 is 0. The van der Waals surface area contributed by atoms with Crippen LogP contribution in [0.3, 0.4) is 0 Å². The van der Waals surface area contributed by atoms with Gasteiger partial charge in [-0.2, -0.15) is 0 Å². The zero-order chi connectivity index (χ0) is 13.4. The standard InChI is InChI=1S/C16H32N2/c1-6-16(5)12-18(13(2)11-17-16)14-9-7-8-10-15(14,3)4/h13-14,17H,6-12H2,1-5H3. The van der Waals surface area contributed by atoms with Gasteiger partial charge in [-0.05, 0) is 38.5 Å². The molecule has 2 rings (SSSR count). The summed E-state index contributed by atoms with van der Waals surface area (Å²) in [5.74, 6) is 0. The van der Waals surface area contributed by atoms with Gasteiger partial charge in [0.25, 0.3) is 0 Å². The molecule has 106 valence electrons. The van der Waals surface area contributed by atoms with Crippen molar-refractivity contribution in [2.75, 3.05) is 13.1 Å². The van der Waals surface area contributed by atoms with Crippen LogP contribution >= 0.6 is 0 Å². The minimum Gasteiger partial charge on any atom is -0.309 e. The molecular formula is C16H32N2. The van der Waals surface area contributed by atoms with E-state index in [4.69, 9.17) is 0 Å². The van der Waals surface area contributed by atoms with Crippen LogP contribution in [0.15, 0.2) is 0 Å². The average molecular weight is 252 g/mol. The van der Waals surface area contributed by atoms with Crippen molar-refractivity contribution in [3.05, 3.63) is 0 Å². The number of hydrogen-bond acceptors (Lipinski definition) is 2. The van der Waals surface area contributed by atoms with Crippen LogP contribution in [0, 0.1) is 5.41 Å². The van der Waals surface area contributed by atoms with Crippen molar-refractivity contribution >= 4 is 0 Å². The van der Waals surface area contributed by atoms with Gasteiger partial charge in [-0.1, -0.05) is 33.6 Å². The van der Waals surface area contributed by atoms with Crippen LogP contribution in [0.1, 0.15) is 66.7 Å². The Morgan fingerprint density at radius 2 is 1.94 bits per heavy atom. The van der Waals surface area contributed by atoms with Gasteiger partial charge in [0.2, 0.25) is 0 Å². The normalized spacial score (nSPS) is 41.8. The Hall–Kier alpha value is -0.0800. The Morgan fingerprint density at radius 1 is 1.22 bits per heavy atom. The Labute approximate surface area is 114 Å². The molecule has 0 aromatic carbocycles. The van der Waals surface area contributed by atoms with Gasteiger partial charge in [0, 0.05) is 30.7 Å². The first-order chi connectivity index (χ1) is 8.38. The van der Waals surface area contributed by atoms with Crippen LogP contribution in [0.4, 0.5) is 0 Å². The molecule has 1 saturated carbocycles. The Balaban J connectivity index is 2.14. The summed E-state index contributed by atoms with van der Waals surface area (Å²) in [5, 5.41) is 3.75. The minimum atomic E-state index is 0.319. The molecule has 2 fully saturated rings. The van der Waals surface area contributed by atoms with Gasteiger partial charge in [-0.25, -0.2) is 0 Å². The van der Waals surface area contributed by atoms with Crippen LogP contribution in [0.25, 0.3) is 0 Å². The van der Waals surface area contributed by atoms with E-state index in [0.717, 1.165) is 12.6 Å². The highest BCUT2D eigenvalue weighted by Gasteiger charge is 2.42. The highest BCUT2D eigenvalue weighted by Crippen LogP contribution is 2.40. The fourth-order valence-corrected chi connectivity index (χ4v) is 3.87. The van der Waals surface area contributed by atoms with E-state index in [0.29, 0.717) is 17.0 Å². The third kappa shape index (κ3) is 2.75. The number of piperazine rings is 1. The van der Waals surface area contributed by atoms with Crippen molar-refractivity contribution in [2.24, 2.45) is 5.41 Å². The molecule has 1 aliphatic carbocycles. The molecule has 1 N–H and O–H groups in total. The first kappa shape index (κ1) is 14.3. The number of hydrogen-bond donors (Lipinski definition) is 1. The van der Waals surface area contributed by atoms with Crippen molar-refractivity contribution in [2.45, 2.75) is 84.3 Å². The maximum absolute atomic E-state index is 3.75. The molecule has 1 heterocycles. The Kier molecular flexibility index (Phi) is 4.08. The highest BCUT2D eigenvalue weighted by molar-refractivity contribution is 4.99. The average Bonchev–Trinajstić information content (AvgIpc) is 2.33. The third-order valence-corrected chi connectivity index (χ3v) is 5.55. The SMILES string of the molecule is CCC1(C)CN(C2CCCCC2(C)C)C(C)CN1. The van der Waals surface area contributed by atoms with Crippen molar-refractivity contribution in [1.29, 1.82) is 0 Å². The van der Waals surface area contributed by atoms with Crippen LogP contribution in [0.2, 0.25) is 0 Å². The van der Waals surface area contributed by atoms with Crippen LogP contribution in [-0.4, -0.2) is 35.6 Å². The molecule has 0 amide bonds. The third-order valence-electron chi connectivity index (χ3n) is 5.55. The van der Waals surface area contributed by atoms with Crippen molar-refractivity contribution in [1.82, 2.24) is 10.2 Å². The summed E-state index contributed by atoms with van der Waals surface area (Å²) in [4.78, 5) is 2.82. The minimum absolute atomic E-state index is 0.319. The predicted molar refractivity (Wildman–Crippen MR) is 78.9 cm³/mol. The molecule has 3 unspecified atom stereocenters. The number of nitrogens with zero attached hydrogens (tertiary/aromatic N) is 1. The Bertz CT molecular complexity index is 287. The highest BCUT2D eigenvalue weighted by atomic mass is 15.3. The molecule has 2 heteroatoms. The van der Waals surface area contributed by atoms with Crippen molar-refractivity contribution in [3.8, 4) is 0 Å². The number of nitrogens with one attached hydrogen (secondary N) is 1. The zero-order valence-corrected chi connectivity index (χ0v) is 13.1. The lowest BCUT2D eigenvalue weighted by Crippen LogP contribution is -2.66. The second-order valence-electron chi connectivity index (χ2n) is 7.57. The maximum atomic E-state index is 3.75. The summed E-state index contributed by atoms with van der Waals surface area (Å²) in [6, 6.07) is 1.47. The summed E-state index contributed by atoms with van der Waals surface area (Å²) < 4.78 is 0. The van der Waals surface area contributed by atoms with Crippen molar-refractivity contribution in [3.63, 3.8) is 0 Å². The van der Waals surface area contributed by atoms with Gasteiger partial charge in [-0.15, -0.1) is 0 Å². The van der Waals surface area contributed by atoms with Gasteiger partial charge in [0.05, 0.1) is 0 Å². The molecule has 2 nitrogen and oxygen atoms in total. The lowest BCUT2D eigenvalue weighted by molar-refractivity contribution is -0.0184. The van der Waals surface area contributed by atoms with Crippen LogP contribution in [-0.2, 0) is 0 Å². The second-order valence-corrected chi connectivity index (χ2v) is 7.57. The monoisotopic (exact) mass is 252 g/mol. The summed E-state index contributed by atoms with van der Waals surface area (Å²) in [6.45, 7) is 14.4. The van der Waals surface area contributed by atoms with Gasteiger partial charge >= 0.3 is 0 Å². The second kappa shape index (κ2) is 5.13. The van der Waals surface area contributed by atoms with E-state index in [-0.39, 0.29) is 0 Å². The largest absolute Gasteiger partial charge is 0.309 e. The number of rotatable bonds is 2. The lowest BCUT2D eigenvalue weighted by atomic mass is 9.71. The summed E-state index contributed by atoms with van der Waals surface area (Å²) in [6.07, 6.45) is 6.88. The Morgan fingerprint density at radius 3 is 2.56 bits per heavy atom. The molecule has 1 aliphatic heterocycles. The van der Waals surface area contributed by atoms with Gasteiger partial charge in [0.15, 0.2) is 0 Å². The molecule has 1 saturated heterocycles. The molecule has 0 aromatic rings. The molecule has 3 atom stereocenters. The van der Waals surface area contributed by atoms with E-state index >= 15 is 0 Å². The molecule has 0 bridgehead atoms. The smallest absolute Gasteiger partial charge is 0.0278 e. The van der Waals surface area contributed by atoms with Gasteiger partial charge in [0.1, 0.15) is 0 Å². The summed E-state index contributed by atoms with van der Waals surface area (Å²) in [7, 11) is 0. The molecular weight excluding hydrogens is 220 g/mol. The molecule has 0 aromatic heterocycles. The van der Waals surface area contributed by atoms with E-state index < -0.39 is 0 Å². The van der Waals surface area contributed by atoms with E-state index in [9.17, 15) is 0 Å². The molecule has 0 spiro atoms. The van der Waals surface area contributed by atoms with E-state index in [1.54, 1.807) is 0 Å². The van der Waals surface area contributed by atoms with Crippen molar-refractivity contribution < 1.29 is 0 Å². The molecule has 18 heavy (non-hydrogen) atoms. The molecule has 2 aliphatic rings. The zero-order valence-electron chi connectivity index (χ0n) is 13.1. The fourth-order valence-electron chi connectivity index (χ4n) is 3.87. The van der Waals surface area contributed by atoms with Crippen LogP contribution in [0.5, 0.6) is 0 Å². The van der Waals surface area contributed by atoms with E-state index in [1.807, 2.05) is 0 Å². The predicted octanol–water partition coefficient (Wildman–Crippen LogP) is 3.42. The van der Waals surface area contributed by atoms with Gasteiger partial charge in [-0.3, -0.25) is 4.90 Å². The maximum Gasteiger partial charge on any atom is 0.0278 e. The quantitative estimate of drug-likeness (QED) is 0.810. The van der Waals surface area contributed by atoms with E-state index in [1.165, 1.54) is 38.6 Å². The first-order valence-corrected chi connectivity index (χ1v) is 7.89. The van der Waals surface area contributed by atoms with E-state index in [2.05, 4.69) is 44.8 Å². The summed E-state index contributed by atoms with van der Waals surface area (Å²) in [5.41, 5.74) is 0.818.